The van der Waals surface area contributed by atoms with E-state index in [0.29, 0.717) is 4.57 Å². The highest BCUT2D eigenvalue weighted by Crippen LogP contribution is 2.44. The molecule has 2 aromatic rings. The average Bonchev–Trinajstić information content (AvgIpc) is 3.05. The van der Waals surface area contributed by atoms with Crippen LogP contribution in [0.5, 0.6) is 0 Å². The lowest BCUT2D eigenvalue weighted by Crippen LogP contribution is -2.35. The van der Waals surface area contributed by atoms with Crippen LogP contribution in [0.3, 0.4) is 0 Å². The highest BCUT2D eigenvalue weighted by atomic mass is 31.2. The maximum atomic E-state index is 11.9. The monoisotopic (exact) mass is 408 g/mol. The van der Waals surface area contributed by atoms with Gasteiger partial charge in [-0.05, 0) is 4.92 Å². The van der Waals surface area contributed by atoms with Crippen molar-refractivity contribution in [1.82, 2.24) is 19.5 Å². The molecule has 0 saturated carbocycles. The summed E-state index contributed by atoms with van der Waals surface area (Å²) in [5.41, 5.74) is 3.64. The number of H-pyrrole nitrogens is 1. The number of phosphoric acid groups is 1. The average molecular weight is 408 g/mol. The van der Waals surface area contributed by atoms with Crippen molar-refractivity contribution in [3.63, 3.8) is 0 Å². The minimum Gasteiger partial charge on any atom is -0.394 e. The molecule has 27 heavy (non-hydrogen) atoms. The van der Waals surface area contributed by atoms with E-state index in [-0.39, 0.29) is 0 Å². The van der Waals surface area contributed by atoms with Gasteiger partial charge in [0, 0.05) is 0 Å². The van der Waals surface area contributed by atoms with Crippen molar-refractivity contribution in [2.24, 2.45) is 0 Å². The molecular formula is C10H13N6O10P. The van der Waals surface area contributed by atoms with Gasteiger partial charge in [0.25, 0.3) is 11.1 Å². The van der Waals surface area contributed by atoms with Crippen LogP contribution in [0.2, 0.25) is 0 Å². The quantitative estimate of drug-likeness (QED) is 0.168. The number of hydrogen-bond donors (Lipinski definition) is 6. The van der Waals surface area contributed by atoms with Crippen LogP contribution in [0.15, 0.2) is 4.79 Å². The standard InChI is InChI=1S/C10H13N6O10P/c11-9-13-6-3(7(19)14-9)12-10(16(20)21)15(6)8-4(18)5(2(1-17)25-8)26-27(22,23)24/h2,4-5,8,17-18H,1H2,(H2,22,23,24)(H3,11,13,14,19)/t2-,4-,5-,8-/m1/s1. The lowest BCUT2D eigenvalue weighted by molar-refractivity contribution is -0.398. The number of nitro groups is 1. The molecule has 0 spiro atoms. The second-order valence-corrected chi connectivity index (χ2v) is 6.65. The van der Waals surface area contributed by atoms with E-state index in [4.69, 9.17) is 20.3 Å². The molecule has 17 heteroatoms. The summed E-state index contributed by atoms with van der Waals surface area (Å²) in [7, 11) is -5.10. The Morgan fingerprint density at radius 2 is 2.11 bits per heavy atom. The molecular weight excluding hydrogens is 395 g/mol. The van der Waals surface area contributed by atoms with E-state index in [2.05, 4.69) is 19.5 Å². The van der Waals surface area contributed by atoms with Gasteiger partial charge in [-0.15, -0.1) is 0 Å². The van der Waals surface area contributed by atoms with E-state index in [9.17, 15) is 29.7 Å². The highest BCUT2D eigenvalue weighted by Gasteiger charge is 2.51. The Morgan fingerprint density at radius 3 is 2.67 bits per heavy atom. The van der Waals surface area contributed by atoms with Crippen LogP contribution in [0.25, 0.3) is 11.2 Å². The largest absolute Gasteiger partial charge is 0.470 e. The molecule has 1 aliphatic heterocycles. The Bertz CT molecular complexity index is 998. The number of phosphoric ester groups is 1. The fraction of sp³-hybridized carbons (Fsp3) is 0.500. The lowest BCUT2D eigenvalue weighted by atomic mass is 10.1. The summed E-state index contributed by atoms with van der Waals surface area (Å²) in [4.78, 5) is 49.5. The molecule has 3 rings (SSSR count). The number of nitrogens with one attached hydrogen (secondary N) is 1. The minimum absolute atomic E-state index is 0.405. The van der Waals surface area contributed by atoms with Crippen molar-refractivity contribution in [1.29, 1.82) is 0 Å². The summed E-state index contributed by atoms with van der Waals surface area (Å²) in [6, 6.07) is 0. The molecule has 4 atom stereocenters. The molecule has 1 saturated heterocycles. The van der Waals surface area contributed by atoms with Crippen LogP contribution in [-0.2, 0) is 13.8 Å². The number of nitrogen functional groups attached to an aromatic ring is 1. The van der Waals surface area contributed by atoms with E-state index < -0.39 is 72.5 Å². The number of anilines is 1. The number of aromatic nitrogens is 4. The van der Waals surface area contributed by atoms with Crippen LogP contribution in [-0.4, -0.2) is 69.4 Å². The van der Waals surface area contributed by atoms with Crippen LogP contribution >= 0.6 is 7.82 Å². The molecule has 1 fully saturated rings. The lowest BCUT2D eigenvalue weighted by Gasteiger charge is -2.19. The maximum Gasteiger partial charge on any atom is 0.470 e. The molecule has 1 aliphatic rings. The van der Waals surface area contributed by atoms with Gasteiger partial charge in [0.15, 0.2) is 0 Å². The van der Waals surface area contributed by atoms with Crippen LogP contribution in [0.4, 0.5) is 11.9 Å². The Labute approximate surface area is 147 Å². The van der Waals surface area contributed by atoms with E-state index in [1.165, 1.54) is 0 Å². The number of imidazole rings is 1. The fourth-order valence-corrected chi connectivity index (χ4v) is 3.30. The topological polar surface area (TPSA) is 249 Å². The maximum absolute atomic E-state index is 11.9. The van der Waals surface area contributed by atoms with Gasteiger partial charge in [-0.3, -0.25) is 14.3 Å². The van der Waals surface area contributed by atoms with Gasteiger partial charge < -0.3 is 40.6 Å². The molecule has 0 aromatic carbocycles. The van der Waals surface area contributed by atoms with Crippen LogP contribution in [0.1, 0.15) is 6.23 Å². The number of rotatable bonds is 5. The van der Waals surface area contributed by atoms with Gasteiger partial charge in [0.05, 0.1) is 6.61 Å². The normalized spacial score (nSPS) is 25.9. The number of fused-ring (bicyclic) bond motifs is 1. The third kappa shape index (κ3) is 3.42. The van der Waals surface area contributed by atoms with E-state index in [1.807, 2.05) is 0 Å². The molecule has 0 unspecified atom stereocenters. The molecule has 7 N–H and O–H groups in total. The second-order valence-electron chi connectivity index (χ2n) is 5.46. The highest BCUT2D eigenvalue weighted by molar-refractivity contribution is 7.46. The summed E-state index contributed by atoms with van der Waals surface area (Å²) in [6.45, 7) is -0.838. The molecule has 0 radical (unpaired) electrons. The predicted molar refractivity (Wildman–Crippen MR) is 83.1 cm³/mol. The fourth-order valence-electron chi connectivity index (χ4n) is 2.72. The van der Waals surface area contributed by atoms with Crippen molar-refractivity contribution in [2.75, 3.05) is 12.3 Å². The molecule has 0 bridgehead atoms. The molecule has 148 valence electrons. The molecule has 16 nitrogen and oxygen atoms in total. The van der Waals surface area contributed by atoms with E-state index in [0.717, 1.165) is 0 Å². The Morgan fingerprint density at radius 1 is 1.44 bits per heavy atom. The van der Waals surface area contributed by atoms with Crippen molar-refractivity contribution in [3.05, 3.63) is 20.5 Å². The van der Waals surface area contributed by atoms with Crippen molar-refractivity contribution in [3.8, 4) is 0 Å². The SMILES string of the molecule is Nc1nc2c(nc([N+](=O)[O-])n2[C@@H]2O[C@H](CO)[C@@H](OP(=O)(O)O)[C@H]2O)c(=O)[nH]1. The Kier molecular flexibility index (Phi) is 4.73. The van der Waals surface area contributed by atoms with Gasteiger partial charge in [0.1, 0.15) is 18.3 Å². The van der Waals surface area contributed by atoms with Gasteiger partial charge >= 0.3 is 13.8 Å². The minimum atomic E-state index is -5.10. The molecule has 0 amide bonds. The first-order valence-corrected chi connectivity index (χ1v) is 8.67. The Balaban J connectivity index is 2.17. The molecule has 2 aromatic heterocycles. The number of nitrogens with two attached hydrogens (primary N) is 1. The predicted octanol–water partition coefficient (Wildman–Crippen LogP) is -2.66. The number of hydrogen-bond acceptors (Lipinski definition) is 11. The summed E-state index contributed by atoms with van der Waals surface area (Å²) < 4.78 is 21.4. The summed E-state index contributed by atoms with van der Waals surface area (Å²) in [5, 5.41) is 31.0. The second kappa shape index (κ2) is 6.61. The van der Waals surface area contributed by atoms with Crippen molar-refractivity contribution < 1.29 is 38.7 Å². The number of nitrogens with zero attached hydrogens (tertiary/aromatic N) is 4. The zero-order chi connectivity index (χ0) is 20.1. The van der Waals surface area contributed by atoms with E-state index in [1.54, 1.807) is 0 Å². The van der Waals surface area contributed by atoms with Crippen LogP contribution < -0.4 is 11.3 Å². The summed E-state index contributed by atoms with van der Waals surface area (Å²) >= 11 is 0. The Hall–Kier alpha value is -2.46. The van der Waals surface area contributed by atoms with Gasteiger partial charge in [-0.2, -0.15) is 9.55 Å². The van der Waals surface area contributed by atoms with Gasteiger partial charge in [-0.25, -0.2) is 4.57 Å². The summed E-state index contributed by atoms with van der Waals surface area (Å²) in [6.07, 6.45) is -6.79. The number of ether oxygens (including phenoxy) is 1. The van der Waals surface area contributed by atoms with Crippen molar-refractivity contribution >= 4 is 30.9 Å². The molecule has 0 aliphatic carbocycles. The van der Waals surface area contributed by atoms with E-state index >= 15 is 0 Å². The first-order chi connectivity index (χ1) is 12.5. The van der Waals surface area contributed by atoms with Gasteiger partial charge in [0.2, 0.25) is 17.8 Å². The first-order valence-electron chi connectivity index (χ1n) is 7.14. The summed E-state index contributed by atoms with van der Waals surface area (Å²) in [5.74, 6) is -1.36. The zero-order valence-electron chi connectivity index (χ0n) is 13.1. The van der Waals surface area contributed by atoms with Crippen LogP contribution in [0, 0.1) is 10.1 Å². The zero-order valence-corrected chi connectivity index (χ0v) is 14.0. The van der Waals surface area contributed by atoms with Gasteiger partial charge in [-0.1, -0.05) is 4.98 Å². The number of aliphatic hydroxyl groups is 2. The first kappa shape index (κ1) is 19.3. The third-order valence-corrected chi connectivity index (χ3v) is 4.23. The smallest absolute Gasteiger partial charge is 0.394 e. The number of aliphatic hydroxyl groups excluding tert-OH is 2. The number of aromatic amines is 1. The molecule has 3 heterocycles. The van der Waals surface area contributed by atoms with Crippen molar-refractivity contribution in [2.45, 2.75) is 24.5 Å². The third-order valence-electron chi connectivity index (χ3n) is 3.72.